The van der Waals surface area contributed by atoms with Gasteiger partial charge in [0.1, 0.15) is 5.69 Å². The number of carbonyl (C=O) groups is 1. The largest absolute Gasteiger partial charge is 0.296 e. The Labute approximate surface area is 68.8 Å². The third-order valence-corrected chi connectivity index (χ3v) is 1.60. The van der Waals surface area contributed by atoms with Gasteiger partial charge in [0, 0.05) is 18.0 Å². The maximum atomic E-state index is 10.4. The molecule has 2 aromatic heterocycles. The quantitative estimate of drug-likeness (QED) is 0.582. The van der Waals surface area contributed by atoms with Gasteiger partial charge >= 0.3 is 0 Å². The van der Waals surface area contributed by atoms with Gasteiger partial charge in [0.25, 0.3) is 0 Å². The minimum absolute atomic E-state index is 0.410. The van der Waals surface area contributed by atoms with Crippen molar-refractivity contribution in [3.63, 3.8) is 0 Å². The van der Waals surface area contributed by atoms with Gasteiger partial charge in [-0.2, -0.15) is 5.10 Å². The van der Waals surface area contributed by atoms with Gasteiger partial charge in [-0.25, -0.2) is 9.50 Å². The average molecular weight is 161 g/mol. The summed E-state index contributed by atoms with van der Waals surface area (Å²) in [6.45, 7) is 1.90. The lowest BCUT2D eigenvalue weighted by Gasteiger charge is -1.91. The Morgan fingerprint density at radius 3 is 3.17 bits per heavy atom. The Morgan fingerprint density at radius 1 is 1.58 bits per heavy atom. The molecule has 4 nitrogen and oxygen atoms in total. The summed E-state index contributed by atoms with van der Waals surface area (Å²) < 4.78 is 1.58. The van der Waals surface area contributed by atoms with E-state index in [4.69, 9.17) is 0 Å². The Morgan fingerprint density at radius 2 is 2.42 bits per heavy atom. The second kappa shape index (κ2) is 2.41. The topological polar surface area (TPSA) is 47.3 Å². The summed E-state index contributed by atoms with van der Waals surface area (Å²) in [5, 5.41) is 3.96. The van der Waals surface area contributed by atoms with E-state index in [2.05, 4.69) is 10.1 Å². The van der Waals surface area contributed by atoms with Gasteiger partial charge in [-0.1, -0.05) is 0 Å². The average Bonchev–Trinajstić information content (AvgIpc) is 2.46. The molecule has 0 unspecified atom stereocenters. The summed E-state index contributed by atoms with van der Waals surface area (Å²) in [7, 11) is 0. The van der Waals surface area contributed by atoms with E-state index in [1.165, 1.54) is 0 Å². The molecule has 60 valence electrons. The Bertz CT molecular complexity index is 433. The van der Waals surface area contributed by atoms with E-state index < -0.39 is 0 Å². The van der Waals surface area contributed by atoms with Crippen molar-refractivity contribution in [3.8, 4) is 0 Å². The summed E-state index contributed by atoms with van der Waals surface area (Å²) in [6.07, 6.45) is 2.49. The van der Waals surface area contributed by atoms with E-state index in [1.807, 2.05) is 13.0 Å². The van der Waals surface area contributed by atoms with E-state index in [0.29, 0.717) is 17.6 Å². The van der Waals surface area contributed by atoms with Crippen LogP contribution in [0.15, 0.2) is 18.3 Å². The van der Waals surface area contributed by atoms with Gasteiger partial charge in [0.2, 0.25) is 0 Å². The van der Waals surface area contributed by atoms with E-state index in [0.717, 1.165) is 5.69 Å². The van der Waals surface area contributed by atoms with Gasteiger partial charge in [0.15, 0.2) is 11.9 Å². The van der Waals surface area contributed by atoms with Crippen LogP contribution in [0.4, 0.5) is 0 Å². The fourth-order valence-corrected chi connectivity index (χ4v) is 1.05. The molecule has 12 heavy (non-hydrogen) atoms. The van der Waals surface area contributed by atoms with E-state index >= 15 is 0 Å². The molecule has 2 rings (SSSR count). The molecule has 0 N–H and O–H groups in total. The van der Waals surface area contributed by atoms with E-state index in [1.54, 1.807) is 16.8 Å². The minimum atomic E-state index is 0.410. The Kier molecular flexibility index (Phi) is 1.40. The van der Waals surface area contributed by atoms with Crippen molar-refractivity contribution in [1.82, 2.24) is 14.6 Å². The predicted molar refractivity (Wildman–Crippen MR) is 43.1 cm³/mol. The van der Waals surface area contributed by atoms with Crippen molar-refractivity contribution >= 4 is 11.9 Å². The number of nitrogens with zero attached hydrogens (tertiary/aromatic N) is 3. The number of aromatic nitrogens is 3. The highest BCUT2D eigenvalue weighted by Gasteiger charge is 1.99. The van der Waals surface area contributed by atoms with Crippen molar-refractivity contribution in [2.24, 2.45) is 0 Å². The molecule has 0 radical (unpaired) electrons. The number of hydrogen-bond donors (Lipinski definition) is 0. The fraction of sp³-hybridized carbons (Fsp3) is 0.125. The molecule has 0 atom stereocenters. The second-order valence-electron chi connectivity index (χ2n) is 2.56. The molecule has 0 aromatic carbocycles. The number of carbonyl (C=O) groups excluding carboxylic acids is 1. The van der Waals surface area contributed by atoms with Crippen LogP contribution in [0.2, 0.25) is 0 Å². The number of hydrogen-bond acceptors (Lipinski definition) is 3. The molecular formula is C8H7N3O. The van der Waals surface area contributed by atoms with Gasteiger partial charge in [-0.3, -0.25) is 4.79 Å². The monoisotopic (exact) mass is 161 g/mol. The third-order valence-electron chi connectivity index (χ3n) is 1.60. The van der Waals surface area contributed by atoms with Crippen LogP contribution in [0.25, 0.3) is 5.65 Å². The first-order chi connectivity index (χ1) is 5.79. The van der Waals surface area contributed by atoms with Crippen LogP contribution in [-0.4, -0.2) is 20.9 Å². The first-order valence-electron chi connectivity index (χ1n) is 3.58. The highest BCUT2D eigenvalue weighted by atomic mass is 16.1. The summed E-state index contributed by atoms with van der Waals surface area (Å²) >= 11 is 0. The molecule has 0 aliphatic heterocycles. The zero-order chi connectivity index (χ0) is 8.55. The summed E-state index contributed by atoms with van der Waals surface area (Å²) in [4.78, 5) is 14.5. The standard InChI is InChI=1S/C8H7N3O/c1-6-2-3-11-8(9-6)4-7(5-12)10-11/h2-5H,1H3. The predicted octanol–water partition coefficient (Wildman–Crippen LogP) is 0.850. The summed E-state index contributed by atoms with van der Waals surface area (Å²) in [6, 6.07) is 3.49. The highest BCUT2D eigenvalue weighted by molar-refractivity contribution is 5.73. The third kappa shape index (κ3) is 0.972. The molecule has 0 saturated heterocycles. The maximum absolute atomic E-state index is 10.4. The molecule has 0 amide bonds. The molecule has 0 aliphatic carbocycles. The SMILES string of the molecule is Cc1ccn2nc(C=O)cc2n1. The normalized spacial score (nSPS) is 10.4. The van der Waals surface area contributed by atoms with Gasteiger partial charge in [0.05, 0.1) is 0 Å². The number of aldehydes is 1. The fourth-order valence-electron chi connectivity index (χ4n) is 1.05. The molecule has 0 saturated carbocycles. The minimum Gasteiger partial charge on any atom is -0.296 e. The van der Waals surface area contributed by atoms with E-state index in [-0.39, 0.29) is 0 Å². The van der Waals surface area contributed by atoms with Gasteiger partial charge in [-0.05, 0) is 13.0 Å². The summed E-state index contributed by atoms with van der Waals surface area (Å²) in [5.41, 5.74) is 2.03. The van der Waals surface area contributed by atoms with Crippen LogP contribution in [-0.2, 0) is 0 Å². The Hall–Kier alpha value is -1.71. The van der Waals surface area contributed by atoms with Gasteiger partial charge in [-0.15, -0.1) is 0 Å². The Balaban J connectivity index is 2.75. The first kappa shape index (κ1) is 6.97. The molecule has 0 aliphatic rings. The number of fused-ring (bicyclic) bond motifs is 1. The second-order valence-corrected chi connectivity index (χ2v) is 2.56. The lowest BCUT2D eigenvalue weighted by atomic mass is 10.4. The molecule has 4 heteroatoms. The van der Waals surface area contributed by atoms with Crippen LogP contribution in [0.5, 0.6) is 0 Å². The van der Waals surface area contributed by atoms with Crippen molar-refractivity contribution < 1.29 is 4.79 Å². The molecule has 2 heterocycles. The van der Waals surface area contributed by atoms with Crippen LogP contribution >= 0.6 is 0 Å². The molecule has 0 fully saturated rings. The maximum Gasteiger partial charge on any atom is 0.170 e. The van der Waals surface area contributed by atoms with Crippen LogP contribution in [0, 0.1) is 6.92 Å². The molecule has 0 bridgehead atoms. The lowest BCUT2D eigenvalue weighted by molar-refractivity contribution is 0.111. The van der Waals surface area contributed by atoms with Gasteiger partial charge < -0.3 is 0 Å². The molecular weight excluding hydrogens is 154 g/mol. The lowest BCUT2D eigenvalue weighted by Crippen LogP contribution is -1.90. The first-order valence-corrected chi connectivity index (χ1v) is 3.58. The van der Waals surface area contributed by atoms with Crippen molar-refractivity contribution in [3.05, 3.63) is 29.7 Å². The number of rotatable bonds is 1. The zero-order valence-corrected chi connectivity index (χ0v) is 6.56. The van der Waals surface area contributed by atoms with Crippen molar-refractivity contribution in [2.45, 2.75) is 6.92 Å². The molecule has 2 aromatic rings. The smallest absolute Gasteiger partial charge is 0.170 e. The number of aryl methyl sites for hydroxylation is 1. The molecule has 0 spiro atoms. The van der Waals surface area contributed by atoms with Crippen LogP contribution in [0.3, 0.4) is 0 Å². The van der Waals surface area contributed by atoms with E-state index in [9.17, 15) is 4.79 Å². The summed E-state index contributed by atoms with van der Waals surface area (Å²) in [5.74, 6) is 0. The highest BCUT2D eigenvalue weighted by Crippen LogP contribution is 2.02. The zero-order valence-electron chi connectivity index (χ0n) is 6.56. The van der Waals surface area contributed by atoms with Crippen LogP contribution < -0.4 is 0 Å². The van der Waals surface area contributed by atoms with Crippen LogP contribution in [0.1, 0.15) is 16.2 Å². The van der Waals surface area contributed by atoms with Crippen molar-refractivity contribution in [2.75, 3.05) is 0 Å². The van der Waals surface area contributed by atoms with Crippen molar-refractivity contribution in [1.29, 1.82) is 0 Å².